The molecule has 1 saturated carbocycles. The first-order valence-electron chi connectivity index (χ1n) is 6.23. The topological polar surface area (TPSA) is 40.5 Å². The Morgan fingerprint density at radius 3 is 2.44 bits per heavy atom. The number of halogens is 1. The third-order valence-electron chi connectivity index (χ3n) is 3.95. The normalized spacial score (nSPS) is 27.6. The Hall–Kier alpha value is -0.280. The molecule has 94 valence electrons. The summed E-state index contributed by atoms with van der Waals surface area (Å²) in [5.74, 6) is 0.110. The van der Waals surface area contributed by atoms with Gasteiger partial charge in [-0.25, -0.2) is 0 Å². The molecule has 1 N–H and O–H groups in total. The van der Waals surface area contributed by atoms with Gasteiger partial charge in [-0.2, -0.15) is 0 Å². The molecule has 2 rings (SSSR count). The van der Waals surface area contributed by atoms with E-state index in [4.69, 9.17) is 5.11 Å². The van der Waals surface area contributed by atoms with Crippen molar-refractivity contribution in [1.82, 2.24) is 4.90 Å². The molecule has 0 aromatic carbocycles. The number of hydrogen-bond donors (Lipinski definition) is 1. The van der Waals surface area contributed by atoms with Crippen molar-refractivity contribution in [2.75, 3.05) is 13.1 Å². The van der Waals surface area contributed by atoms with Gasteiger partial charge in [-0.3, -0.25) is 9.69 Å². The van der Waals surface area contributed by atoms with Crippen molar-refractivity contribution < 1.29 is 9.90 Å². The van der Waals surface area contributed by atoms with Gasteiger partial charge in [-0.1, -0.05) is 19.3 Å². The van der Waals surface area contributed by atoms with Gasteiger partial charge in [0.1, 0.15) is 0 Å². The molecule has 3 nitrogen and oxygen atoms in total. The molecule has 1 atom stereocenters. The van der Waals surface area contributed by atoms with Crippen LogP contribution in [-0.2, 0) is 4.79 Å². The third-order valence-corrected chi connectivity index (χ3v) is 3.95. The number of rotatable bonds is 3. The highest BCUT2D eigenvalue weighted by atomic mass is 35.5. The molecule has 1 unspecified atom stereocenters. The molecule has 4 heteroatoms. The number of carboxylic acid groups (broad SMARTS) is 1. The maximum Gasteiger partial charge on any atom is 0.317 e. The van der Waals surface area contributed by atoms with Crippen LogP contribution in [0.25, 0.3) is 0 Å². The van der Waals surface area contributed by atoms with Crippen LogP contribution < -0.4 is 0 Å². The Balaban J connectivity index is 0.00000128. The first-order valence-corrected chi connectivity index (χ1v) is 6.23. The van der Waals surface area contributed by atoms with Crippen molar-refractivity contribution in [3.8, 4) is 0 Å². The fraction of sp³-hybridized carbons (Fsp3) is 0.917. The van der Waals surface area contributed by atoms with E-state index in [-0.39, 0.29) is 19.0 Å². The maximum atomic E-state index is 10.7. The average Bonchev–Trinajstić information content (AvgIpc) is 2.66. The summed E-state index contributed by atoms with van der Waals surface area (Å²) >= 11 is 0. The number of carboxylic acids is 1. The van der Waals surface area contributed by atoms with Crippen molar-refractivity contribution in [3.63, 3.8) is 0 Å². The Morgan fingerprint density at radius 2 is 1.81 bits per heavy atom. The number of hydrogen-bond acceptors (Lipinski definition) is 2. The minimum atomic E-state index is -0.669. The zero-order valence-corrected chi connectivity index (χ0v) is 10.5. The minimum Gasteiger partial charge on any atom is -0.480 e. The highest BCUT2D eigenvalue weighted by Crippen LogP contribution is 2.33. The Kier molecular flexibility index (Phi) is 5.56. The molecule has 0 radical (unpaired) electrons. The van der Waals surface area contributed by atoms with E-state index in [1.807, 2.05) is 0 Å². The lowest BCUT2D eigenvalue weighted by Gasteiger charge is -2.33. The Labute approximate surface area is 104 Å². The summed E-state index contributed by atoms with van der Waals surface area (Å²) in [6, 6.07) is 0.571. The van der Waals surface area contributed by atoms with Gasteiger partial charge < -0.3 is 5.11 Å². The number of carbonyl (C=O) groups is 1. The molecule has 0 spiro atoms. The van der Waals surface area contributed by atoms with Crippen LogP contribution in [0.4, 0.5) is 0 Å². The molecule has 0 amide bonds. The van der Waals surface area contributed by atoms with Crippen LogP contribution in [0.5, 0.6) is 0 Å². The summed E-state index contributed by atoms with van der Waals surface area (Å²) in [6.45, 7) is 1.24. The highest BCUT2D eigenvalue weighted by Gasteiger charge is 2.32. The van der Waals surface area contributed by atoms with Gasteiger partial charge in [0.15, 0.2) is 0 Å². The lowest BCUT2D eigenvalue weighted by Crippen LogP contribution is -2.39. The quantitative estimate of drug-likeness (QED) is 0.833. The van der Waals surface area contributed by atoms with Gasteiger partial charge in [0.25, 0.3) is 0 Å². The fourth-order valence-electron chi connectivity index (χ4n) is 3.27. The number of aliphatic carboxylic acids is 1. The van der Waals surface area contributed by atoms with Crippen LogP contribution in [0.2, 0.25) is 0 Å². The molecule has 0 bridgehead atoms. The smallest absolute Gasteiger partial charge is 0.317 e. The van der Waals surface area contributed by atoms with Crippen molar-refractivity contribution in [2.45, 2.75) is 51.0 Å². The van der Waals surface area contributed by atoms with Crippen LogP contribution in [0.1, 0.15) is 44.9 Å². The lowest BCUT2D eigenvalue weighted by molar-refractivity contribution is -0.138. The summed E-state index contributed by atoms with van der Waals surface area (Å²) in [6.07, 6.45) is 9.13. The van der Waals surface area contributed by atoms with E-state index >= 15 is 0 Å². The van der Waals surface area contributed by atoms with Crippen LogP contribution in [0.15, 0.2) is 0 Å². The van der Waals surface area contributed by atoms with Crippen molar-refractivity contribution >= 4 is 18.4 Å². The zero-order chi connectivity index (χ0) is 10.7. The van der Waals surface area contributed by atoms with Crippen molar-refractivity contribution in [2.24, 2.45) is 5.92 Å². The largest absolute Gasteiger partial charge is 0.480 e. The highest BCUT2D eigenvalue weighted by molar-refractivity contribution is 5.85. The van der Waals surface area contributed by atoms with E-state index in [0.29, 0.717) is 6.04 Å². The van der Waals surface area contributed by atoms with Gasteiger partial charge in [0.05, 0.1) is 6.54 Å². The molecule has 0 aromatic rings. The summed E-state index contributed by atoms with van der Waals surface area (Å²) in [5.41, 5.74) is 0. The fourth-order valence-corrected chi connectivity index (χ4v) is 3.27. The third kappa shape index (κ3) is 3.36. The summed E-state index contributed by atoms with van der Waals surface area (Å²) < 4.78 is 0. The van der Waals surface area contributed by atoms with Crippen LogP contribution in [-0.4, -0.2) is 35.1 Å². The van der Waals surface area contributed by atoms with Crippen LogP contribution in [0, 0.1) is 5.92 Å². The summed E-state index contributed by atoms with van der Waals surface area (Å²) in [7, 11) is 0. The predicted molar refractivity (Wildman–Crippen MR) is 66.1 cm³/mol. The monoisotopic (exact) mass is 247 g/mol. The van der Waals surface area contributed by atoms with Gasteiger partial charge in [0.2, 0.25) is 0 Å². The summed E-state index contributed by atoms with van der Waals surface area (Å²) in [5, 5.41) is 8.85. The van der Waals surface area contributed by atoms with E-state index in [9.17, 15) is 4.79 Å². The Bertz CT molecular complexity index is 229. The van der Waals surface area contributed by atoms with E-state index in [2.05, 4.69) is 4.90 Å². The second kappa shape index (κ2) is 6.45. The van der Waals surface area contributed by atoms with E-state index in [0.717, 1.165) is 12.5 Å². The molecule has 2 fully saturated rings. The van der Waals surface area contributed by atoms with Gasteiger partial charge in [-0.05, 0) is 38.1 Å². The van der Waals surface area contributed by atoms with E-state index in [1.54, 1.807) is 0 Å². The molecule has 1 saturated heterocycles. The second-order valence-electron chi connectivity index (χ2n) is 4.97. The first-order chi connectivity index (χ1) is 7.27. The molecule has 2 aliphatic rings. The molecule has 1 aliphatic heterocycles. The number of likely N-dealkylation sites (tertiary alicyclic amines) is 1. The average molecular weight is 248 g/mol. The SMILES string of the molecule is Cl.O=C(O)CN1CCCC1C1CCCCC1. The Morgan fingerprint density at radius 1 is 1.12 bits per heavy atom. The van der Waals surface area contributed by atoms with E-state index < -0.39 is 5.97 Å². The van der Waals surface area contributed by atoms with Crippen LogP contribution >= 0.6 is 12.4 Å². The zero-order valence-electron chi connectivity index (χ0n) is 9.73. The minimum absolute atomic E-state index is 0. The lowest BCUT2D eigenvalue weighted by atomic mass is 9.83. The molecule has 1 aliphatic carbocycles. The van der Waals surface area contributed by atoms with Crippen molar-refractivity contribution in [1.29, 1.82) is 0 Å². The standard InChI is InChI=1S/C12H21NO2.ClH/c14-12(15)9-13-8-4-7-11(13)10-5-2-1-3-6-10;/h10-11H,1-9H2,(H,14,15);1H. The van der Waals surface area contributed by atoms with Gasteiger partial charge in [0, 0.05) is 6.04 Å². The van der Waals surface area contributed by atoms with Crippen molar-refractivity contribution in [3.05, 3.63) is 0 Å². The molecular weight excluding hydrogens is 226 g/mol. The van der Waals surface area contributed by atoms with Gasteiger partial charge in [-0.15, -0.1) is 12.4 Å². The maximum absolute atomic E-state index is 10.7. The van der Waals surface area contributed by atoms with Crippen LogP contribution in [0.3, 0.4) is 0 Å². The molecule has 16 heavy (non-hydrogen) atoms. The first kappa shape index (κ1) is 13.8. The molecule has 1 heterocycles. The predicted octanol–water partition coefficient (Wildman–Crippen LogP) is 2.54. The molecule has 0 aromatic heterocycles. The van der Waals surface area contributed by atoms with E-state index in [1.165, 1.54) is 44.9 Å². The summed E-state index contributed by atoms with van der Waals surface area (Å²) in [4.78, 5) is 12.9. The van der Waals surface area contributed by atoms with Gasteiger partial charge >= 0.3 is 5.97 Å². The molecular formula is C12H22ClNO2. The second-order valence-corrected chi connectivity index (χ2v) is 4.97. The number of nitrogens with zero attached hydrogens (tertiary/aromatic N) is 1.